The highest BCUT2D eigenvalue weighted by atomic mass is 32.3. The zero-order valence-electron chi connectivity index (χ0n) is 7.55. The molecule has 0 heterocycles. The van der Waals surface area contributed by atoms with Gasteiger partial charge in [-0.1, -0.05) is 34.2 Å². The van der Waals surface area contributed by atoms with Gasteiger partial charge in [0.1, 0.15) is 5.75 Å². The summed E-state index contributed by atoms with van der Waals surface area (Å²) in [6.45, 7) is 0. The molecule has 2 aromatic rings. The molecule has 0 N–H and O–H groups in total. The van der Waals surface area contributed by atoms with Gasteiger partial charge in [-0.2, -0.15) is 8.42 Å². The molecule has 2 rings (SSSR count). The Balaban J connectivity index is 2.48. The SMILES string of the molecule is O=S(=O)(F)Oc1ccc2ccccc2c1. The second-order valence-electron chi connectivity index (χ2n) is 2.99. The van der Waals surface area contributed by atoms with Gasteiger partial charge in [-0.3, -0.25) is 0 Å². The number of rotatable bonds is 2. The summed E-state index contributed by atoms with van der Waals surface area (Å²) in [6, 6.07) is 11.8. The van der Waals surface area contributed by atoms with Gasteiger partial charge < -0.3 is 4.18 Å². The second-order valence-corrected chi connectivity index (χ2v) is 3.94. The van der Waals surface area contributed by atoms with E-state index in [2.05, 4.69) is 4.18 Å². The second kappa shape index (κ2) is 3.51. The highest BCUT2D eigenvalue weighted by molar-refractivity contribution is 7.81. The standard InChI is InChI=1S/C10H7FO3S/c11-15(12,13)14-10-6-5-8-3-1-2-4-9(8)7-10/h1-7H. The highest BCUT2D eigenvalue weighted by Gasteiger charge is 2.09. The predicted octanol–water partition coefficient (Wildman–Crippen LogP) is 2.43. The van der Waals surface area contributed by atoms with Crippen molar-refractivity contribution >= 4 is 21.3 Å². The summed E-state index contributed by atoms with van der Waals surface area (Å²) in [4.78, 5) is 0. The Labute approximate surface area is 86.5 Å². The van der Waals surface area contributed by atoms with Gasteiger partial charge >= 0.3 is 10.5 Å². The van der Waals surface area contributed by atoms with Crippen LogP contribution in [-0.2, 0) is 10.5 Å². The summed E-state index contributed by atoms with van der Waals surface area (Å²) in [5.74, 6) is -0.0313. The topological polar surface area (TPSA) is 43.4 Å². The molecule has 0 unspecified atom stereocenters. The van der Waals surface area contributed by atoms with Crippen molar-refractivity contribution in [3.8, 4) is 5.75 Å². The van der Waals surface area contributed by atoms with Crippen LogP contribution >= 0.6 is 0 Å². The quantitative estimate of drug-likeness (QED) is 0.738. The molecule has 0 saturated carbocycles. The third-order valence-electron chi connectivity index (χ3n) is 1.92. The van der Waals surface area contributed by atoms with Gasteiger partial charge in [0, 0.05) is 0 Å². The summed E-state index contributed by atoms with van der Waals surface area (Å²) >= 11 is 0. The first kappa shape index (κ1) is 9.92. The Hall–Kier alpha value is -1.62. The molecule has 0 aromatic heterocycles. The molecular weight excluding hydrogens is 219 g/mol. The molecule has 0 aliphatic heterocycles. The summed E-state index contributed by atoms with van der Waals surface area (Å²) in [6.07, 6.45) is 0. The fraction of sp³-hybridized carbons (Fsp3) is 0. The van der Waals surface area contributed by atoms with Crippen LogP contribution in [0.4, 0.5) is 3.89 Å². The van der Waals surface area contributed by atoms with Crippen molar-refractivity contribution in [3.05, 3.63) is 42.5 Å². The van der Waals surface area contributed by atoms with E-state index in [0.29, 0.717) is 0 Å². The molecule has 78 valence electrons. The third-order valence-corrected chi connectivity index (χ3v) is 2.31. The average molecular weight is 226 g/mol. The number of hydrogen-bond acceptors (Lipinski definition) is 3. The largest absolute Gasteiger partial charge is 0.488 e. The summed E-state index contributed by atoms with van der Waals surface area (Å²) in [5.41, 5.74) is 0. The number of fused-ring (bicyclic) bond motifs is 1. The van der Waals surface area contributed by atoms with Gasteiger partial charge in [0.25, 0.3) is 0 Å². The molecule has 0 radical (unpaired) electrons. The maximum atomic E-state index is 12.2. The van der Waals surface area contributed by atoms with Crippen molar-refractivity contribution < 1.29 is 16.5 Å². The number of halogens is 1. The predicted molar refractivity (Wildman–Crippen MR) is 54.6 cm³/mol. The molecule has 0 atom stereocenters. The van der Waals surface area contributed by atoms with Crippen molar-refractivity contribution in [3.63, 3.8) is 0 Å². The van der Waals surface area contributed by atoms with Crippen LogP contribution in [0.2, 0.25) is 0 Å². The molecule has 0 aliphatic rings. The molecule has 5 heteroatoms. The summed E-state index contributed by atoms with van der Waals surface area (Å²) in [7, 11) is -4.95. The third kappa shape index (κ3) is 2.44. The van der Waals surface area contributed by atoms with Gasteiger partial charge in [-0.25, -0.2) is 0 Å². The van der Waals surface area contributed by atoms with Gasteiger partial charge in [-0.15, -0.1) is 0 Å². The van der Waals surface area contributed by atoms with Crippen molar-refractivity contribution in [2.75, 3.05) is 0 Å². The van der Waals surface area contributed by atoms with Crippen LogP contribution in [0.25, 0.3) is 10.8 Å². The van der Waals surface area contributed by atoms with Crippen LogP contribution in [0.3, 0.4) is 0 Å². The lowest BCUT2D eigenvalue weighted by atomic mass is 10.1. The van der Waals surface area contributed by atoms with E-state index in [1.54, 1.807) is 18.2 Å². The fourth-order valence-electron chi connectivity index (χ4n) is 1.33. The molecule has 3 nitrogen and oxygen atoms in total. The maximum absolute atomic E-state index is 12.2. The van der Waals surface area contributed by atoms with Crippen molar-refractivity contribution in [2.45, 2.75) is 0 Å². The van der Waals surface area contributed by atoms with Crippen LogP contribution in [0, 0.1) is 0 Å². The normalized spacial score (nSPS) is 11.5. The van der Waals surface area contributed by atoms with E-state index in [0.717, 1.165) is 10.8 Å². The zero-order chi connectivity index (χ0) is 10.9. The summed E-state index contributed by atoms with van der Waals surface area (Å²) < 4.78 is 36.8. The van der Waals surface area contributed by atoms with E-state index < -0.39 is 10.5 Å². The number of benzene rings is 2. The smallest absolute Gasteiger partial charge is 0.358 e. The first-order chi connectivity index (χ1) is 7.04. The van der Waals surface area contributed by atoms with Crippen molar-refractivity contribution in [1.82, 2.24) is 0 Å². The Morgan fingerprint density at radius 3 is 2.33 bits per heavy atom. The lowest BCUT2D eigenvalue weighted by Gasteiger charge is -2.01. The van der Waals surface area contributed by atoms with Gasteiger partial charge in [-0.05, 0) is 22.9 Å². The molecule has 0 saturated heterocycles. The molecule has 0 fully saturated rings. The van der Waals surface area contributed by atoms with E-state index >= 15 is 0 Å². The van der Waals surface area contributed by atoms with Crippen molar-refractivity contribution in [1.29, 1.82) is 0 Å². The minimum absolute atomic E-state index is 0.0313. The molecule has 0 amide bonds. The Morgan fingerprint density at radius 2 is 1.67 bits per heavy atom. The monoisotopic (exact) mass is 226 g/mol. The van der Waals surface area contributed by atoms with E-state index in [1.165, 1.54) is 12.1 Å². The first-order valence-corrected chi connectivity index (χ1v) is 5.48. The molecule has 2 aromatic carbocycles. The average Bonchev–Trinajstić information content (AvgIpc) is 2.15. The molecule has 15 heavy (non-hydrogen) atoms. The maximum Gasteiger partial charge on any atom is 0.488 e. The Morgan fingerprint density at radius 1 is 1.00 bits per heavy atom. The fourth-order valence-corrected chi connectivity index (χ4v) is 1.67. The lowest BCUT2D eigenvalue weighted by Crippen LogP contribution is -2.00. The van der Waals surface area contributed by atoms with Crippen LogP contribution in [0.1, 0.15) is 0 Å². The number of hydrogen-bond donors (Lipinski definition) is 0. The van der Waals surface area contributed by atoms with Crippen LogP contribution in [-0.4, -0.2) is 8.42 Å². The Kier molecular flexibility index (Phi) is 2.32. The molecule has 0 aliphatic carbocycles. The van der Waals surface area contributed by atoms with E-state index in [1.807, 2.05) is 12.1 Å². The van der Waals surface area contributed by atoms with Gasteiger partial charge in [0.15, 0.2) is 0 Å². The lowest BCUT2D eigenvalue weighted by molar-refractivity contribution is 0.440. The molecule has 0 bridgehead atoms. The van der Waals surface area contributed by atoms with E-state index in [4.69, 9.17) is 0 Å². The first-order valence-electron chi connectivity index (χ1n) is 4.17. The zero-order valence-corrected chi connectivity index (χ0v) is 8.37. The minimum atomic E-state index is -4.95. The van der Waals surface area contributed by atoms with Crippen LogP contribution in [0.5, 0.6) is 5.75 Å². The van der Waals surface area contributed by atoms with Crippen molar-refractivity contribution in [2.24, 2.45) is 0 Å². The van der Waals surface area contributed by atoms with Crippen LogP contribution in [0.15, 0.2) is 42.5 Å². The molecular formula is C10H7FO3S. The van der Waals surface area contributed by atoms with E-state index in [-0.39, 0.29) is 5.75 Å². The van der Waals surface area contributed by atoms with E-state index in [9.17, 15) is 12.3 Å². The summed E-state index contributed by atoms with van der Waals surface area (Å²) in [5, 5.41) is 1.72. The minimum Gasteiger partial charge on any atom is -0.358 e. The molecule has 0 spiro atoms. The van der Waals surface area contributed by atoms with Gasteiger partial charge in [0.2, 0.25) is 0 Å². The Bertz CT molecular complexity index is 592. The van der Waals surface area contributed by atoms with Gasteiger partial charge in [0.05, 0.1) is 0 Å². The highest BCUT2D eigenvalue weighted by Crippen LogP contribution is 2.21. The van der Waals surface area contributed by atoms with Crippen LogP contribution < -0.4 is 4.18 Å².